The molecular weight excluding hydrogens is 243 g/mol. The van der Waals surface area contributed by atoms with Gasteiger partial charge in [0.25, 0.3) is 0 Å². The minimum atomic E-state index is -4.36. The van der Waals surface area contributed by atoms with Gasteiger partial charge in [0.2, 0.25) is 0 Å². The van der Waals surface area contributed by atoms with Gasteiger partial charge in [-0.15, -0.1) is 0 Å². The zero-order valence-electron chi connectivity index (χ0n) is 9.93. The smallest absolute Gasteiger partial charge is 0.392 e. The maximum atomic E-state index is 13.0. The highest BCUT2D eigenvalue weighted by molar-refractivity contribution is 5.40. The summed E-state index contributed by atoms with van der Waals surface area (Å²) in [5, 5.41) is 12.4. The second-order valence-electron chi connectivity index (χ2n) is 4.56. The molecule has 0 spiro atoms. The van der Waals surface area contributed by atoms with Crippen molar-refractivity contribution >= 4 is 0 Å². The van der Waals surface area contributed by atoms with Gasteiger partial charge in [0.15, 0.2) is 0 Å². The van der Waals surface area contributed by atoms with Crippen LogP contribution in [0.5, 0.6) is 0 Å². The first-order chi connectivity index (χ1) is 8.54. The first kappa shape index (κ1) is 13.4. The van der Waals surface area contributed by atoms with E-state index in [2.05, 4.69) is 5.32 Å². The lowest BCUT2D eigenvalue weighted by Crippen LogP contribution is -2.28. The molecule has 0 aromatic heterocycles. The number of hydrogen-bond donors (Lipinski definition) is 2. The third-order valence-corrected chi connectivity index (χ3v) is 3.42. The first-order valence-corrected chi connectivity index (χ1v) is 6.04. The molecule has 0 radical (unpaired) electrons. The van der Waals surface area contributed by atoms with Crippen LogP contribution in [0, 0.1) is 0 Å². The van der Waals surface area contributed by atoms with Crippen LogP contribution < -0.4 is 5.32 Å². The average molecular weight is 259 g/mol. The van der Waals surface area contributed by atoms with Gasteiger partial charge in [-0.3, -0.25) is 0 Å². The molecule has 0 aliphatic carbocycles. The van der Waals surface area contributed by atoms with Gasteiger partial charge in [-0.25, -0.2) is 0 Å². The molecule has 0 bridgehead atoms. The van der Waals surface area contributed by atoms with Crippen molar-refractivity contribution in [2.24, 2.45) is 0 Å². The van der Waals surface area contributed by atoms with Crippen molar-refractivity contribution in [1.82, 2.24) is 5.32 Å². The van der Waals surface area contributed by atoms with Crippen molar-refractivity contribution in [2.45, 2.75) is 31.5 Å². The topological polar surface area (TPSA) is 32.3 Å². The zero-order valence-corrected chi connectivity index (χ0v) is 9.93. The van der Waals surface area contributed by atoms with E-state index in [1.807, 2.05) is 0 Å². The fourth-order valence-electron chi connectivity index (χ4n) is 2.59. The SMILES string of the molecule is OCc1cccc(C(F)(F)F)c1C1CCNCC1. The summed E-state index contributed by atoms with van der Waals surface area (Å²) in [4.78, 5) is 0. The average Bonchev–Trinajstić information content (AvgIpc) is 2.38. The molecule has 0 saturated carbocycles. The second-order valence-corrected chi connectivity index (χ2v) is 4.56. The lowest BCUT2D eigenvalue weighted by molar-refractivity contribution is -0.138. The van der Waals surface area contributed by atoms with Crippen molar-refractivity contribution in [1.29, 1.82) is 0 Å². The van der Waals surface area contributed by atoms with E-state index in [9.17, 15) is 18.3 Å². The van der Waals surface area contributed by atoms with Gasteiger partial charge in [-0.2, -0.15) is 13.2 Å². The molecular formula is C13H16F3NO. The summed E-state index contributed by atoms with van der Waals surface area (Å²) in [5.74, 6) is -0.119. The molecule has 1 aliphatic heterocycles. The number of piperidine rings is 1. The standard InChI is InChI=1S/C13H16F3NO/c14-13(15,16)11-3-1-2-10(8-18)12(11)9-4-6-17-7-5-9/h1-3,9,17-18H,4-8H2. The third kappa shape index (κ3) is 2.67. The lowest BCUT2D eigenvalue weighted by Gasteiger charge is -2.27. The number of hydrogen-bond acceptors (Lipinski definition) is 2. The summed E-state index contributed by atoms with van der Waals surface area (Å²) >= 11 is 0. The number of rotatable bonds is 2. The number of nitrogens with one attached hydrogen (secondary N) is 1. The van der Waals surface area contributed by atoms with E-state index in [1.54, 1.807) is 6.07 Å². The summed E-state index contributed by atoms with van der Waals surface area (Å²) in [6.07, 6.45) is -2.99. The van der Waals surface area contributed by atoms with E-state index < -0.39 is 11.7 Å². The largest absolute Gasteiger partial charge is 0.416 e. The van der Waals surface area contributed by atoms with Gasteiger partial charge in [0.05, 0.1) is 12.2 Å². The van der Waals surface area contributed by atoms with Gasteiger partial charge in [-0.1, -0.05) is 12.1 Å². The number of aliphatic hydroxyl groups is 1. The number of alkyl halides is 3. The Morgan fingerprint density at radius 2 is 1.89 bits per heavy atom. The van der Waals surface area contributed by atoms with Gasteiger partial charge >= 0.3 is 6.18 Å². The molecule has 1 fully saturated rings. The molecule has 1 aliphatic rings. The molecule has 0 amide bonds. The normalized spacial score (nSPS) is 18.0. The van der Waals surface area contributed by atoms with E-state index >= 15 is 0 Å². The van der Waals surface area contributed by atoms with Crippen LogP contribution >= 0.6 is 0 Å². The van der Waals surface area contributed by atoms with Crippen LogP contribution in [0.15, 0.2) is 18.2 Å². The lowest BCUT2D eigenvalue weighted by atomic mass is 9.84. The Labute approximate surface area is 104 Å². The molecule has 1 aromatic rings. The highest BCUT2D eigenvalue weighted by Crippen LogP contribution is 2.39. The molecule has 0 atom stereocenters. The Hall–Kier alpha value is -1.07. The van der Waals surface area contributed by atoms with Crippen molar-refractivity contribution in [3.63, 3.8) is 0 Å². The van der Waals surface area contributed by atoms with Gasteiger partial charge in [0.1, 0.15) is 0 Å². The van der Waals surface area contributed by atoms with Gasteiger partial charge in [0, 0.05) is 0 Å². The molecule has 0 unspecified atom stereocenters. The quantitative estimate of drug-likeness (QED) is 0.855. The van der Waals surface area contributed by atoms with Crippen molar-refractivity contribution in [2.75, 3.05) is 13.1 Å². The van der Waals surface area contributed by atoms with Crippen LogP contribution in [0.1, 0.15) is 35.4 Å². The van der Waals surface area contributed by atoms with E-state index in [0.29, 0.717) is 18.4 Å². The highest BCUT2D eigenvalue weighted by atomic mass is 19.4. The zero-order chi connectivity index (χ0) is 13.2. The minimum absolute atomic E-state index is 0.119. The monoisotopic (exact) mass is 259 g/mol. The summed E-state index contributed by atoms with van der Waals surface area (Å²) in [7, 11) is 0. The van der Waals surface area contributed by atoms with E-state index in [4.69, 9.17) is 0 Å². The van der Waals surface area contributed by atoms with E-state index in [1.165, 1.54) is 6.07 Å². The molecule has 1 aromatic carbocycles. The minimum Gasteiger partial charge on any atom is -0.392 e. The molecule has 2 rings (SSSR count). The molecule has 1 saturated heterocycles. The second kappa shape index (κ2) is 5.28. The Balaban J connectivity index is 2.46. The van der Waals surface area contributed by atoms with Crippen LogP contribution in [-0.2, 0) is 12.8 Å². The Bertz CT molecular complexity index is 411. The van der Waals surface area contributed by atoms with Gasteiger partial charge < -0.3 is 10.4 Å². The molecule has 2 N–H and O–H groups in total. The van der Waals surface area contributed by atoms with Crippen LogP contribution in [0.4, 0.5) is 13.2 Å². The van der Waals surface area contributed by atoms with Crippen molar-refractivity contribution in [3.8, 4) is 0 Å². The van der Waals surface area contributed by atoms with Crippen LogP contribution in [0.25, 0.3) is 0 Å². The van der Waals surface area contributed by atoms with Crippen LogP contribution in [-0.4, -0.2) is 18.2 Å². The molecule has 18 heavy (non-hydrogen) atoms. The molecule has 100 valence electrons. The number of aliphatic hydroxyl groups excluding tert-OH is 1. The maximum Gasteiger partial charge on any atom is 0.416 e. The van der Waals surface area contributed by atoms with E-state index in [0.717, 1.165) is 19.2 Å². The molecule has 2 nitrogen and oxygen atoms in total. The van der Waals surface area contributed by atoms with Crippen LogP contribution in [0.2, 0.25) is 0 Å². The van der Waals surface area contributed by atoms with Crippen molar-refractivity contribution < 1.29 is 18.3 Å². The van der Waals surface area contributed by atoms with Crippen molar-refractivity contribution in [3.05, 3.63) is 34.9 Å². The fourth-order valence-corrected chi connectivity index (χ4v) is 2.59. The summed E-state index contributed by atoms with van der Waals surface area (Å²) in [5.41, 5.74) is 0.0895. The Morgan fingerprint density at radius 1 is 1.22 bits per heavy atom. The maximum absolute atomic E-state index is 13.0. The number of benzene rings is 1. The Kier molecular flexibility index (Phi) is 3.92. The summed E-state index contributed by atoms with van der Waals surface area (Å²) in [6, 6.07) is 4.04. The highest BCUT2D eigenvalue weighted by Gasteiger charge is 2.36. The number of halogens is 3. The predicted molar refractivity (Wildman–Crippen MR) is 62.2 cm³/mol. The van der Waals surface area contributed by atoms with Gasteiger partial charge in [-0.05, 0) is 49.0 Å². The van der Waals surface area contributed by atoms with E-state index in [-0.39, 0.29) is 18.1 Å². The first-order valence-electron chi connectivity index (χ1n) is 6.04. The molecule has 1 heterocycles. The predicted octanol–water partition coefficient (Wildman–Crippen LogP) is 2.66. The summed E-state index contributed by atoms with van der Waals surface area (Å²) in [6.45, 7) is 1.10. The van der Waals surface area contributed by atoms with Crippen LogP contribution in [0.3, 0.4) is 0 Å². The Morgan fingerprint density at radius 3 is 2.44 bits per heavy atom. The third-order valence-electron chi connectivity index (χ3n) is 3.42. The fraction of sp³-hybridized carbons (Fsp3) is 0.538. The summed E-state index contributed by atoms with van der Waals surface area (Å²) < 4.78 is 39.1. The molecule has 5 heteroatoms.